The summed E-state index contributed by atoms with van der Waals surface area (Å²) in [6, 6.07) is 14.0. The number of nitrogens with zero attached hydrogens (tertiary/aromatic N) is 4. The molecule has 0 amide bonds. The summed E-state index contributed by atoms with van der Waals surface area (Å²) in [5.74, 6) is 1.85. The summed E-state index contributed by atoms with van der Waals surface area (Å²) >= 11 is 0. The van der Waals surface area contributed by atoms with Gasteiger partial charge in [-0.1, -0.05) is 44.2 Å². The molecule has 1 aromatic heterocycles. The van der Waals surface area contributed by atoms with Gasteiger partial charge in [0.15, 0.2) is 5.82 Å². The molecule has 0 aliphatic rings. The molecule has 1 heterocycles. The Labute approximate surface area is 154 Å². The van der Waals surface area contributed by atoms with Crippen molar-refractivity contribution in [1.82, 2.24) is 20.2 Å². The standard InChI is InChI=1S/C20H25N5O/c1-13(2)18(21-16-11-6-7-12-17(16)26-5)20-22-23-24-25(20)19-14(3)9-8-10-15(19)4/h6-13,18,21H,1-5H3. The van der Waals surface area contributed by atoms with Crippen molar-refractivity contribution in [2.75, 3.05) is 12.4 Å². The number of aromatic nitrogens is 4. The maximum absolute atomic E-state index is 5.48. The minimum absolute atomic E-state index is 0.0692. The fourth-order valence-corrected chi connectivity index (χ4v) is 3.15. The molecule has 0 radical (unpaired) electrons. The molecule has 26 heavy (non-hydrogen) atoms. The van der Waals surface area contributed by atoms with E-state index in [9.17, 15) is 0 Å². The third kappa shape index (κ3) is 3.40. The average Bonchev–Trinajstić information content (AvgIpc) is 3.08. The zero-order valence-electron chi connectivity index (χ0n) is 15.9. The summed E-state index contributed by atoms with van der Waals surface area (Å²) in [6.45, 7) is 8.45. The smallest absolute Gasteiger partial charge is 0.179 e. The van der Waals surface area contributed by atoms with E-state index >= 15 is 0 Å². The van der Waals surface area contributed by atoms with E-state index in [4.69, 9.17) is 4.74 Å². The minimum atomic E-state index is -0.0692. The van der Waals surface area contributed by atoms with Gasteiger partial charge in [0.2, 0.25) is 0 Å². The number of hydrogen-bond donors (Lipinski definition) is 1. The zero-order valence-corrected chi connectivity index (χ0v) is 15.9. The van der Waals surface area contributed by atoms with Crippen LogP contribution in [0.4, 0.5) is 5.69 Å². The van der Waals surface area contributed by atoms with Crippen LogP contribution in [0.25, 0.3) is 5.69 Å². The molecule has 0 spiro atoms. The van der Waals surface area contributed by atoms with Crippen molar-refractivity contribution < 1.29 is 4.74 Å². The quantitative estimate of drug-likeness (QED) is 0.724. The summed E-state index contributed by atoms with van der Waals surface area (Å²) in [6.07, 6.45) is 0. The molecule has 3 rings (SSSR count). The van der Waals surface area contributed by atoms with Gasteiger partial charge in [0.05, 0.1) is 24.5 Å². The molecule has 1 N–H and O–H groups in total. The number of rotatable bonds is 6. The molecule has 2 aromatic carbocycles. The molecule has 0 aliphatic carbocycles. The number of aryl methyl sites for hydroxylation is 2. The van der Waals surface area contributed by atoms with Gasteiger partial charge in [-0.25, -0.2) is 0 Å². The lowest BCUT2D eigenvalue weighted by Crippen LogP contribution is -2.22. The summed E-state index contributed by atoms with van der Waals surface area (Å²) in [5.41, 5.74) is 4.22. The van der Waals surface area contributed by atoms with E-state index in [1.54, 1.807) is 7.11 Å². The van der Waals surface area contributed by atoms with E-state index < -0.39 is 0 Å². The number of ether oxygens (including phenoxy) is 1. The van der Waals surface area contributed by atoms with Crippen LogP contribution in [0.1, 0.15) is 36.8 Å². The lowest BCUT2D eigenvalue weighted by Gasteiger charge is -2.24. The first kappa shape index (κ1) is 17.9. The number of benzene rings is 2. The topological polar surface area (TPSA) is 64.9 Å². The molecule has 6 nitrogen and oxygen atoms in total. The third-order valence-corrected chi connectivity index (χ3v) is 4.51. The highest BCUT2D eigenvalue weighted by molar-refractivity contribution is 5.57. The second-order valence-corrected chi connectivity index (χ2v) is 6.76. The highest BCUT2D eigenvalue weighted by atomic mass is 16.5. The number of para-hydroxylation sites is 3. The number of hydrogen-bond acceptors (Lipinski definition) is 5. The lowest BCUT2D eigenvalue weighted by molar-refractivity contribution is 0.414. The maximum atomic E-state index is 5.48. The molecule has 0 saturated carbocycles. The van der Waals surface area contributed by atoms with Crippen LogP contribution in [-0.4, -0.2) is 27.3 Å². The van der Waals surface area contributed by atoms with Gasteiger partial charge in [0.1, 0.15) is 5.75 Å². The Morgan fingerprint density at radius 3 is 2.35 bits per heavy atom. The van der Waals surface area contributed by atoms with E-state index in [0.29, 0.717) is 0 Å². The van der Waals surface area contributed by atoms with Crippen LogP contribution in [-0.2, 0) is 0 Å². The molecule has 3 aromatic rings. The molecular weight excluding hydrogens is 326 g/mol. The second kappa shape index (κ2) is 7.56. The lowest BCUT2D eigenvalue weighted by atomic mass is 10.0. The Morgan fingerprint density at radius 2 is 1.69 bits per heavy atom. The fraction of sp³-hybridized carbons (Fsp3) is 0.350. The predicted octanol–water partition coefficient (Wildman–Crippen LogP) is 4.10. The zero-order chi connectivity index (χ0) is 18.7. The van der Waals surface area contributed by atoms with Crippen molar-refractivity contribution in [3.63, 3.8) is 0 Å². The monoisotopic (exact) mass is 351 g/mol. The first-order valence-corrected chi connectivity index (χ1v) is 8.77. The van der Waals surface area contributed by atoms with Crippen molar-refractivity contribution in [3.8, 4) is 11.4 Å². The van der Waals surface area contributed by atoms with E-state index in [-0.39, 0.29) is 12.0 Å². The fourth-order valence-electron chi connectivity index (χ4n) is 3.15. The van der Waals surface area contributed by atoms with E-state index in [1.807, 2.05) is 35.0 Å². The predicted molar refractivity (Wildman–Crippen MR) is 103 cm³/mol. The minimum Gasteiger partial charge on any atom is -0.495 e. The van der Waals surface area contributed by atoms with Gasteiger partial charge < -0.3 is 10.1 Å². The molecule has 0 aliphatic heterocycles. The largest absolute Gasteiger partial charge is 0.495 e. The van der Waals surface area contributed by atoms with Gasteiger partial charge in [0.25, 0.3) is 0 Å². The van der Waals surface area contributed by atoms with Gasteiger partial charge in [0, 0.05) is 0 Å². The van der Waals surface area contributed by atoms with Crippen LogP contribution >= 0.6 is 0 Å². The van der Waals surface area contributed by atoms with Crippen LogP contribution in [0, 0.1) is 19.8 Å². The summed E-state index contributed by atoms with van der Waals surface area (Å²) in [5, 5.41) is 16.1. The van der Waals surface area contributed by atoms with Crippen molar-refractivity contribution in [3.05, 3.63) is 59.4 Å². The second-order valence-electron chi connectivity index (χ2n) is 6.76. The van der Waals surface area contributed by atoms with Crippen LogP contribution < -0.4 is 10.1 Å². The molecule has 0 bridgehead atoms. The molecular formula is C20H25N5O. The Hall–Kier alpha value is -2.89. The normalized spacial score (nSPS) is 12.2. The SMILES string of the molecule is COc1ccccc1NC(c1nnnn1-c1c(C)cccc1C)C(C)C. The first-order valence-electron chi connectivity index (χ1n) is 8.77. The van der Waals surface area contributed by atoms with Gasteiger partial charge >= 0.3 is 0 Å². The number of nitrogens with one attached hydrogen (secondary N) is 1. The van der Waals surface area contributed by atoms with Gasteiger partial charge in [-0.05, 0) is 53.5 Å². The van der Waals surface area contributed by atoms with Crippen LogP contribution in [0.2, 0.25) is 0 Å². The molecule has 1 atom stereocenters. The number of methoxy groups -OCH3 is 1. The van der Waals surface area contributed by atoms with Gasteiger partial charge in [-0.15, -0.1) is 5.10 Å². The van der Waals surface area contributed by atoms with E-state index in [1.165, 1.54) is 0 Å². The van der Waals surface area contributed by atoms with E-state index in [0.717, 1.165) is 34.1 Å². The molecule has 136 valence electrons. The van der Waals surface area contributed by atoms with Crippen molar-refractivity contribution in [1.29, 1.82) is 0 Å². The first-order chi connectivity index (χ1) is 12.5. The van der Waals surface area contributed by atoms with E-state index in [2.05, 4.69) is 60.7 Å². The van der Waals surface area contributed by atoms with Crippen LogP contribution in [0.5, 0.6) is 5.75 Å². The molecule has 0 saturated heterocycles. The summed E-state index contributed by atoms with van der Waals surface area (Å²) < 4.78 is 7.32. The van der Waals surface area contributed by atoms with Crippen LogP contribution in [0.3, 0.4) is 0 Å². The Balaban J connectivity index is 2.05. The summed E-state index contributed by atoms with van der Waals surface area (Å²) in [4.78, 5) is 0. The Kier molecular flexibility index (Phi) is 5.21. The van der Waals surface area contributed by atoms with Gasteiger partial charge in [-0.3, -0.25) is 0 Å². The van der Waals surface area contributed by atoms with Crippen molar-refractivity contribution >= 4 is 5.69 Å². The van der Waals surface area contributed by atoms with Crippen LogP contribution in [0.15, 0.2) is 42.5 Å². The number of anilines is 1. The molecule has 0 fully saturated rings. The number of tetrazole rings is 1. The molecule has 6 heteroatoms. The Morgan fingerprint density at radius 1 is 1.00 bits per heavy atom. The Bertz CT molecular complexity index is 867. The average molecular weight is 351 g/mol. The summed E-state index contributed by atoms with van der Waals surface area (Å²) in [7, 11) is 1.67. The maximum Gasteiger partial charge on any atom is 0.179 e. The molecule has 1 unspecified atom stereocenters. The van der Waals surface area contributed by atoms with Crippen molar-refractivity contribution in [2.45, 2.75) is 33.7 Å². The van der Waals surface area contributed by atoms with Gasteiger partial charge in [-0.2, -0.15) is 4.68 Å². The highest BCUT2D eigenvalue weighted by Crippen LogP contribution is 2.32. The third-order valence-electron chi connectivity index (χ3n) is 4.51. The highest BCUT2D eigenvalue weighted by Gasteiger charge is 2.25. The van der Waals surface area contributed by atoms with Crippen molar-refractivity contribution in [2.24, 2.45) is 5.92 Å².